The van der Waals surface area contributed by atoms with Crippen LogP contribution in [0.5, 0.6) is 0 Å². The SMILES string of the molecule is CC(C)CN1C(=O)N(C)C(=O)C(C(N)=O)(c2cccc(C(F)(F)F)c2)C1=O. The van der Waals surface area contributed by atoms with Crippen LogP contribution >= 0.6 is 0 Å². The molecule has 0 spiro atoms. The summed E-state index contributed by atoms with van der Waals surface area (Å²) in [5, 5.41) is 0. The van der Waals surface area contributed by atoms with Crippen molar-refractivity contribution in [3.05, 3.63) is 35.4 Å². The van der Waals surface area contributed by atoms with E-state index in [1.54, 1.807) is 13.8 Å². The number of urea groups is 1. The molecule has 1 aromatic rings. The van der Waals surface area contributed by atoms with Crippen LogP contribution in [-0.4, -0.2) is 47.1 Å². The van der Waals surface area contributed by atoms with Crippen molar-refractivity contribution in [2.75, 3.05) is 13.6 Å². The van der Waals surface area contributed by atoms with Gasteiger partial charge >= 0.3 is 12.2 Å². The van der Waals surface area contributed by atoms with Gasteiger partial charge in [-0.05, 0) is 23.6 Å². The maximum Gasteiger partial charge on any atom is 0.416 e. The van der Waals surface area contributed by atoms with E-state index in [2.05, 4.69) is 0 Å². The van der Waals surface area contributed by atoms with Crippen LogP contribution in [0.3, 0.4) is 0 Å². The van der Waals surface area contributed by atoms with Crippen LogP contribution in [0, 0.1) is 5.92 Å². The van der Waals surface area contributed by atoms with E-state index in [0.717, 1.165) is 25.2 Å². The second-order valence-electron chi connectivity index (χ2n) is 6.65. The Morgan fingerprint density at radius 1 is 1.19 bits per heavy atom. The molecule has 1 unspecified atom stereocenters. The summed E-state index contributed by atoms with van der Waals surface area (Å²) < 4.78 is 39.2. The molecule has 7 nitrogen and oxygen atoms in total. The molecule has 10 heteroatoms. The number of benzene rings is 1. The molecule has 1 aliphatic rings. The van der Waals surface area contributed by atoms with E-state index in [1.165, 1.54) is 0 Å². The highest BCUT2D eigenvalue weighted by Gasteiger charge is 2.62. The maximum absolute atomic E-state index is 13.1. The zero-order valence-electron chi connectivity index (χ0n) is 14.8. The smallest absolute Gasteiger partial charge is 0.368 e. The number of carbonyl (C=O) groups is 4. The number of amides is 5. The summed E-state index contributed by atoms with van der Waals surface area (Å²) in [5.41, 5.74) is 0.907. The molecule has 0 radical (unpaired) electrons. The van der Waals surface area contributed by atoms with Crippen molar-refractivity contribution in [1.29, 1.82) is 0 Å². The number of nitrogens with two attached hydrogens (primary N) is 1. The van der Waals surface area contributed by atoms with Crippen molar-refractivity contribution in [3.8, 4) is 0 Å². The Balaban J connectivity index is 2.76. The van der Waals surface area contributed by atoms with Gasteiger partial charge in [-0.3, -0.25) is 24.2 Å². The zero-order valence-corrected chi connectivity index (χ0v) is 14.8. The zero-order chi connectivity index (χ0) is 20.7. The molecule has 1 fully saturated rings. The van der Waals surface area contributed by atoms with E-state index in [-0.39, 0.29) is 12.5 Å². The Hall–Kier alpha value is -2.91. The Kier molecular flexibility index (Phi) is 5.04. The van der Waals surface area contributed by atoms with Gasteiger partial charge < -0.3 is 5.73 Å². The topological polar surface area (TPSA) is 101 Å². The van der Waals surface area contributed by atoms with E-state index in [0.29, 0.717) is 15.9 Å². The van der Waals surface area contributed by atoms with Crippen LogP contribution in [-0.2, 0) is 26.0 Å². The highest BCUT2D eigenvalue weighted by molar-refractivity contribution is 6.34. The number of halogens is 3. The third-order valence-electron chi connectivity index (χ3n) is 4.25. The molecule has 27 heavy (non-hydrogen) atoms. The summed E-state index contributed by atoms with van der Waals surface area (Å²) in [6.45, 7) is 3.24. The van der Waals surface area contributed by atoms with Gasteiger partial charge in [0.2, 0.25) is 11.3 Å². The summed E-state index contributed by atoms with van der Waals surface area (Å²) in [6, 6.07) is 2.29. The first kappa shape index (κ1) is 20.4. The Morgan fingerprint density at radius 2 is 1.78 bits per heavy atom. The van der Waals surface area contributed by atoms with E-state index in [4.69, 9.17) is 5.73 Å². The second kappa shape index (κ2) is 6.67. The van der Waals surface area contributed by atoms with Gasteiger partial charge in [-0.15, -0.1) is 0 Å². The van der Waals surface area contributed by atoms with Gasteiger partial charge in [0.05, 0.1) is 5.56 Å². The lowest BCUT2D eigenvalue weighted by atomic mass is 9.75. The van der Waals surface area contributed by atoms with Crippen LogP contribution in [0.4, 0.5) is 18.0 Å². The van der Waals surface area contributed by atoms with Crippen LogP contribution in [0.25, 0.3) is 0 Å². The third-order valence-corrected chi connectivity index (χ3v) is 4.25. The minimum absolute atomic E-state index is 0.136. The maximum atomic E-state index is 13.1. The van der Waals surface area contributed by atoms with Gasteiger partial charge in [0, 0.05) is 13.6 Å². The Bertz CT molecular complexity index is 822. The van der Waals surface area contributed by atoms with Crippen LogP contribution in [0.1, 0.15) is 25.0 Å². The lowest BCUT2D eigenvalue weighted by Crippen LogP contribution is -2.70. The number of primary amides is 1. The van der Waals surface area contributed by atoms with Crippen molar-refractivity contribution in [3.63, 3.8) is 0 Å². The number of hydrogen-bond donors (Lipinski definition) is 1. The summed E-state index contributed by atoms with van der Waals surface area (Å²) in [7, 11) is 1.04. The molecule has 1 aromatic carbocycles. The van der Waals surface area contributed by atoms with Crippen molar-refractivity contribution in [1.82, 2.24) is 9.80 Å². The van der Waals surface area contributed by atoms with Gasteiger partial charge in [-0.1, -0.05) is 26.0 Å². The molecule has 1 aliphatic heterocycles. The molecular formula is C17H18F3N3O4. The van der Waals surface area contributed by atoms with Gasteiger partial charge in [-0.25, -0.2) is 4.79 Å². The highest BCUT2D eigenvalue weighted by atomic mass is 19.4. The van der Waals surface area contributed by atoms with Crippen LogP contribution in [0.2, 0.25) is 0 Å². The monoisotopic (exact) mass is 385 g/mol. The molecule has 1 atom stereocenters. The molecule has 2 N–H and O–H groups in total. The number of barbiturate groups is 1. The third kappa shape index (κ3) is 3.15. The fraction of sp³-hybridized carbons (Fsp3) is 0.412. The molecule has 1 heterocycles. The molecule has 146 valence electrons. The summed E-state index contributed by atoms with van der Waals surface area (Å²) in [5.74, 6) is -4.21. The van der Waals surface area contributed by atoms with E-state index < -0.39 is 46.5 Å². The standard InChI is InChI=1S/C17H18F3N3O4/c1-9(2)8-23-14(26)16(12(21)24,13(25)22(3)15(23)27)10-5-4-6-11(7-10)17(18,19)20/h4-7,9H,8H2,1-3H3,(H2,21,24). The molecule has 0 aliphatic carbocycles. The van der Waals surface area contributed by atoms with Gasteiger partial charge in [0.1, 0.15) is 0 Å². The normalized spacial score (nSPS) is 21.2. The average molecular weight is 385 g/mol. The molecule has 5 amide bonds. The summed E-state index contributed by atoms with van der Waals surface area (Å²) in [6.07, 6.45) is -4.77. The second-order valence-corrected chi connectivity index (χ2v) is 6.65. The van der Waals surface area contributed by atoms with Crippen molar-refractivity contribution < 1.29 is 32.3 Å². The quantitative estimate of drug-likeness (QED) is 0.794. The fourth-order valence-electron chi connectivity index (χ4n) is 2.96. The van der Waals surface area contributed by atoms with Crippen molar-refractivity contribution in [2.45, 2.75) is 25.4 Å². The molecule has 0 aromatic heterocycles. The van der Waals surface area contributed by atoms with E-state index >= 15 is 0 Å². The first-order valence-corrected chi connectivity index (χ1v) is 7.96. The molecule has 0 saturated carbocycles. The van der Waals surface area contributed by atoms with Crippen LogP contribution < -0.4 is 5.73 Å². The van der Waals surface area contributed by atoms with E-state index in [9.17, 15) is 32.3 Å². The van der Waals surface area contributed by atoms with E-state index in [1.807, 2.05) is 0 Å². The van der Waals surface area contributed by atoms with Crippen molar-refractivity contribution in [2.24, 2.45) is 11.7 Å². The number of alkyl halides is 3. The molecule has 0 bridgehead atoms. The largest absolute Gasteiger partial charge is 0.416 e. The number of nitrogens with zero attached hydrogens (tertiary/aromatic N) is 2. The predicted molar refractivity (Wildman–Crippen MR) is 87.0 cm³/mol. The Labute approximate surface area is 152 Å². The van der Waals surface area contributed by atoms with Gasteiger partial charge in [0.25, 0.3) is 11.8 Å². The van der Waals surface area contributed by atoms with Gasteiger partial charge in [-0.2, -0.15) is 13.2 Å². The molecule has 1 saturated heterocycles. The van der Waals surface area contributed by atoms with Crippen molar-refractivity contribution >= 4 is 23.8 Å². The number of carbonyl (C=O) groups excluding carboxylic acids is 4. The number of rotatable bonds is 4. The lowest BCUT2D eigenvalue weighted by molar-refractivity contribution is -0.156. The number of likely N-dealkylation sites (N-methyl/N-ethyl adjacent to an activating group) is 1. The summed E-state index contributed by atoms with van der Waals surface area (Å²) in [4.78, 5) is 51.6. The minimum Gasteiger partial charge on any atom is -0.368 e. The lowest BCUT2D eigenvalue weighted by Gasteiger charge is -2.41. The predicted octanol–water partition coefficient (Wildman–Crippen LogP) is 1.51. The highest BCUT2D eigenvalue weighted by Crippen LogP contribution is 2.37. The average Bonchev–Trinajstić information content (AvgIpc) is 2.56. The van der Waals surface area contributed by atoms with Gasteiger partial charge in [0.15, 0.2) is 0 Å². The first-order chi connectivity index (χ1) is 12.3. The summed E-state index contributed by atoms with van der Waals surface area (Å²) >= 11 is 0. The molecular weight excluding hydrogens is 367 g/mol. The molecule has 2 rings (SSSR count). The van der Waals surface area contributed by atoms with Crippen LogP contribution in [0.15, 0.2) is 24.3 Å². The first-order valence-electron chi connectivity index (χ1n) is 7.96. The number of imide groups is 2. The fourth-order valence-corrected chi connectivity index (χ4v) is 2.96. The Morgan fingerprint density at radius 3 is 2.26 bits per heavy atom. The number of hydrogen-bond acceptors (Lipinski definition) is 4. The minimum atomic E-state index is -4.77.